The summed E-state index contributed by atoms with van der Waals surface area (Å²) in [4.78, 5) is 1.13. The summed E-state index contributed by atoms with van der Waals surface area (Å²) in [6.45, 7) is 1.80. The van der Waals surface area contributed by atoms with E-state index in [1.165, 1.54) is 6.20 Å². The largest absolute Gasteiger partial charge is 0.619 e. The highest BCUT2D eigenvalue weighted by molar-refractivity contribution is 7.98. The molecule has 1 aromatic rings. The van der Waals surface area contributed by atoms with Gasteiger partial charge in [0.25, 0.3) is 0 Å². The topological polar surface area (TPSA) is 26.9 Å². The summed E-state index contributed by atoms with van der Waals surface area (Å²) in [6.07, 6.45) is 3.52. The van der Waals surface area contributed by atoms with Gasteiger partial charge in [0.2, 0.25) is 0 Å². The van der Waals surface area contributed by atoms with E-state index in [9.17, 15) is 5.21 Å². The van der Waals surface area contributed by atoms with Crippen molar-refractivity contribution in [3.05, 3.63) is 29.2 Å². The second kappa shape index (κ2) is 2.92. The second-order valence-electron chi connectivity index (χ2n) is 2.03. The first-order chi connectivity index (χ1) is 4.74. The fourth-order valence-electron chi connectivity index (χ4n) is 0.703. The summed E-state index contributed by atoms with van der Waals surface area (Å²) in [5, 5.41) is 10.8. The van der Waals surface area contributed by atoms with Crippen LogP contribution in [0.25, 0.3) is 0 Å². The number of aryl methyl sites for hydroxylation is 1. The Balaban J connectivity index is 3.04. The number of pyridine rings is 1. The van der Waals surface area contributed by atoms with E-state index in [2.05, 4.69) is 0 Å². The SMILES string of the molecule is CSc1cc[n+]([O-])c(C)c1. The molecule has 0 aliphatic rings. The van der Waals surface area contributed by atoms with Gasteiger partial charge in [0.05, 0.1) is 0 Å². The molecule has 0 bridgehead atoms. The molecule has 0 N–H and O–H groups in total. The lowest BCUT2D eigenvalue weighted by Crippen LogP contribution is -2.28. The third kappa shape index (κ3) is 1.42. The van der Waals surface area contributed by atoms with E-state index in [1.54, 1.807) is 18.7 Å². The molecule has 0 spiro atoms. The number of hydrogen-bond donors (Lipinski definition) is 0. The predicted octanol–water partition coefficient (Wildman–Crippen LogP) is 1.35. The van der Waals surface area contributed by atoms with Gasteiger partial charge in [0, 0.05) is 24.0 Å². The van der Waals surface area contributed by atoms with Crippen molar-refractivity contribution in [3.8, 4) is 0 Å². The first kappa shape index (κ1) is 7.41. The second-order valence-corrected chi connectivity index (χ2v) is 2.91. The maximum atomic E-state index is 10.8. The number of hydrogen-bond acceptors (Lipinski definition) is 2. The Kier molecular flexibility index (Phi) is 2.17. The van der Waals surface area contributed by atoms with Crippen LogP contribution in [0.2, 0.25) is 0 Å². The molecule has 0 radical (unpaired) electrons. The number of nitrogens with zero attached hydrogens (tertiary/aromatic N) is 1. The van der Waals surface area contributed by atoms with Gasteiger partial charge < -0.3 is 5.21 Å². The van der Waals surface area contributed by atoms with E-state index in [4.69, 9.17) is 0 Å². The van der Waals surface area contributed by atoms with Gasteiger partial charge in [-0.25, -0.2) is 0 Å². The van der Waals surface area contributed by atoms with Crippen molar-refractivity contribution in [2.75, 3.05) is 6.26 Å². The van der Waals surface area contributed by atoms with Gasteiger partial charge in [-0.1, -0.05) is 0 Å². The quantitative estimate of drug-likeness (QED) is 0.348. The Bertz CT molecular complexity index is 237. The van der Waals surface area contributed by atoms with Crippen LogP contribution >= 0.6 is 11.8 Å². The van der Waals surface area contributed by atoms with Gasteiger partial charge in [-0.05, 0) is 6.26 Å². The maximum Gasteiger partial charge on any atom is 0.190 e. The van der Waals surface area contributed by atoms with Crippen molar-refractivity contribution >= 4 is 11.8 Å². The Morgan fingerprint density at radius 1 is 1.60 bits per heavy atom. The molecule has 1 aromatic heterocycles. The summed E-state index contributed by atoms with van der Waals surface area (Å²) in [5.74, 6) is 0. The fourth-order valence-corrected chi connectivity index (χ4v) is 1.19. The minimum atomic E-state index is 0.742. The van der Waals surface area contributed by atoms with Crippen molar-refractivity contribution in [1.29, 1.82) is 0 Å². The van der Waals surface area contributed by atoms with E-state index in [0.717, 1.165) is 15.3 Å². The molecule has 0 unspecified atom stereocenters. The molecule has 0 amide bonds. The first-order valence-electron chi connectivity index (χ1n) is 2.98. The standard InChI is InChI=1S/C7H9NOS/c1-6-5-7(10-2)3-4-8(6)9/h3-5H,1-2H3. The van der Waals surface area contributed by atoms with E-state index >= 15 is 0 Å². The summed E-state index contributed by atoms with van der Waals surface area (Å²) >= 11 is 1.64. The van der Waals surface area contributed by atoms with Crippen LogP contribution in [0.4, 0.5) is 0 Å². The number of thioether (sulfide) groups is 1. The zero-order valence-electron chi connectivity index (χ0n) is 6.00. The normalized spacial score (nSPS) is 9.80. The average Bonchev–Trinajstić information content (AvgIpc) is 1.95. The third-order valence-corrected chi connectivity index (χ3v) is 2.03. The molecular formula is C7H9NOS. The molecule has 0 saturated heterocycles. The zero-order valence-corrected chi connectivity index (χ0v) is 6.81. The van der Waals surface area contributed by atoms with Crippen LogP contribution in [0.15, 0.2) is 23.2 Å². The maximum absolute atomic E-state index is 10.8. The van der Waals surface area contributed by atoms with Crippen LogP contribution in [-0.4, -0.2) is 6.26 Å². The Morgan fingerprint density at radius 2 is 2.30 bits per heavy atom. The summed E-state index contributed by atoms with van der Waals surface area (Å²) in [6, 6.07) is 3.68. The first-order valence-corrected chi connectivity index (χ1v) is 4.20. The van der Waals surface area contributed by atoms with Crippen molar-refractivity contribution in [1.82, 2.24) is 0 Å². The minimum Gasteiger partial charge on any atom is -0.619 e. The van der Waals surface area contributed by atoms with Gasteiger partial charge in [-0.2, -0.15) is 4.73 Å². The van der Waals surface area contributed by atoms with Crippen molar-refractivity contribution in [3.63, 3.8) is 0 Å². The third-order valence-electron chi connectivity index (χ3n) is 1.31. The van der Waals surface area contributed by atoms with Crippen molar-refractivity contribution in [2.24, 2.45) is 0 Å². The highest BCUT2D eigenvalue weighted by Gasteiger charge is 1.97. The van der Waals surface area contributed by atoms with Crippen LogP contribution in [0.5, 0.6) is 0 Å². The average molecular weight is 155 g/mol. The molecule has 2 nitrogen and oxygen atoms in total. The Hall–Kier alpha value is -0.700. The van der Waals surface area contributed by atoms with Gasteiger partial charge in [-0.15, -0.1) is 11.8 Å². The fraction of sp³-hybridized carbons (Fsp3) is 0.286. The molecule has 0 saturated carbocycles. The molecule has 0 aliphatic carbocycles. The van der Waals surface area contributed by atoms with Gasteiger partial charge in [-0.3, -0.25) is 0 Å². The lowest BCUT2D eigenvalue weighted by atomic mass is 10.4. The monoisotopic (exact) mass is 155 g/mol. The molecule has 0 aliphatic heterocycles. The highest BCUT2D eigenvalue weighted by atomic mass is 32.2. The van der Waals surface area contributed by atoms with Crippen molar-refractivity contribution in [2.45, 2.75) is 11.8 Å². The van der Waals surface area contributed by atoms with Crippen LogP contribution in [0.1, 0.15) is 5.69 Å². The lowest BCUT2D eigenvalue weighted by molar-refractivity contribution is -0.612. The summed E-state index contributed by atoms with van der Waals surface area (Å²) in [7, 11) is 0. The van der Waals surface area contributed by atoms with E-state index < -0.39 is 0 Å². The summed E-state index contributed by atoms with van der Waals surface area (Å²) in [5.41, 5.74) is 0.742. The Morgan fingerprint density at radius 3 is 2.80 bits per heavy atom. The number of aromatic nitrogens is 1. The van der Waals surface area contributed by atoms with Crippen LogP contribution in [-0.2, 0) is 0 Å². The van der Waals surface area contributed by atoms with Crippen LogP contribution < -0.4 is 4.73 Å². The van der Waals surface area contributed by atoms with Crippen molar-refractivity contribution < 1.29 is 4.73 Å². The minimum absolute atomic E-state index is 0.742. The molecule has 0 fully saturated rings. The molecular weight excluding hydrogens is 146 g/mol. The molecule has 0 atom stereocenters. The molecule has 3 heteroatoms. The number of rotatable bonds is 1. The van der Waals surface area contributed by atoms with Crippen LogP contribution in [0.3, 0.4) is 0 Å². The lowest BCUT2D eigenvalue weighted by Gasteiger charge is -2.00. The summed E-state index contributed by atoms with van der Waals surface area (Å²) < 4.78 is 0.861. The Labute approximate surface area is 64.5 Å². The van der Waals surface area contributed by atoms with Crippen LogP contribution in [0, 0.1) is 12.1 Å². The van der Waals surface area contributed by atoms with Gasteiger partial charge in [0.15, 0.2) is 11.9 Å². The van der Waals surface area contributed by atoms with E-state index in [0.29, 0.717) is 0 Å². The molecule has 1 rings (SSSR count). The predicted molar refractivity (Wildman–Crippen MR) is 41.9 cm³/mol. The van der Waals surface area contributed by atoms with E-state index in [-0.39, 0.29) is 0 Å². The molecule has 0 aromatic carbocycles. The highest BCUT2D eigenvalue weighted by Crippen LogP contribution is 2.12. The van der Waals surface area contributed by atoms with Gasteiger partial charge >= 0.3 is 0 Å². The molecule has 54 valence electrons. The zero-order chi connectivity index (χ0) is 7.56. The van der Waals surface area contributed by atoms with E-state index in [1.807, 2.05) is 18.4 Å². The molecule has 1 heterocycles. The smallest absolute Gasteiger partial charge is 0.190 e. The van der Waals surface area contributed by atoms with Gasteiger partial charge in [0.1, 0.15) is 0 Å². The molecule has 10 heavy (non-hydrogen) atoms.